The van der Waals surface area contributed by atoms with Gasteiger partial charge in [0.15, 0.2) is 0 Å². The van der Waals surface area contributed by atoms with E-state index in [1.807, 2.05) is 36.4 Å². The lowest BCUT2D eigenvalue weighted by molar-refractivity contribution is 0.0394. The van der Waals surface area contributed by atoms with Gasteiger partial charge in [0, 0.05) is 12.6 Å². The van der Waals surface area contributed by atoms with Crippen LogP contribution in [0, 0.1) is 5.82 Å². The van der Waals surface area contributed by atoms with Crippen LogP contribution in [0.15, 0.2) is 54.6 Å². The van der Waals surface area contributed by atoms with Crippen molar-refractivity contribution in [1.29, 1.82) is 0 Å². The molecule has 0 heterocycles. The third-order valence-corrected chi connectivity index (χ3v) is 3.68. The van der Waals surface area contributed by atoms with Crippen LogP contribution in [0.25, 0.3) is 0 Å². The predicted molar refractivity (Wildman–Crippen MR) is 81.4 cm³/mol. The summed E-state index contributed by atoms with van der Waals surface area (Å²) in [5.74, 6) is -0.216. The minimum absolute atomic E-state index is 0.124. The van der Waals surface area contributed by atoms with Gasteiger partial charge in [-0.3, -0.25) is 0 Å². The van der Waals surface area contributed by atoms with Crippen LogP contribution in [0.5, 0.6) is 0 Å². The topological polar surface area (TPSA) is 21.3 Å². The Hall–Kier alpha value is -1.71. The average molecular weight is 285 g/mol. The Morgan fingerprint density at radius 2 is 1.90 bits per heavy atom. The van der Waals surface area contributed by atoms with Gasteiger partial charge in [-0.15, -0.1) is 0 Å². The maximum Gasteiger partial charge on any atom is 0.123 e. The molecule has 2 aromatic rings. The van der Waals surface area contributed by atoms with Gasteiger partial charge in [-0.05, 0) is 36.1 Å². The Morgan fingerprint density at radius 1 is 1.10 bits per heavy atom. The van der Waals surface area contributed by atoms with Crippen LogP contribution in [-0.4, -0.2) is 12.6 Å². The Bertz CT molecular complexity index is 568. The summed E-state index contributed by atoms with van der Waals surface area (Å²) < 4.78 is 19.4. The molecule has 1 aliphatic carbocycles. The first kappa shape index (κ1) is 14.2. The highest BCUT2D eigenvalue weighted by molar-refractivity contribution is 5.20. The summed E-state index contributed by atoms with van der Waals surface area (Å²) >= 11 is 0. The van der Waals surface area contributed by atoms with Crippen molar-refractivity contribution in [3.05, 3.63) is 71.5 Å². The predicted octanol–water partition coefficient (Wildman–Crippen LogP) is 3.84. The molecule has 0 saturated heterocycles. The first-order valence-corrected chi connectivity index (χ1v) is 7.45. The molecule has 110 valence electrons. The lowest BCUT2D eigenvalue weighted by atomic mass is 10.1. The van der Waals surface area contributed by atoms with Crippen LogP contribution >= 0.6 is 0 Å². The van der Waals surface area contributed by atoms with Crippen molar-refractivity contribution in [2.75, 3.05) is 6.54 Å². The summed E-state index contributed by atoms with van der Waals surface area (Å²) in [6.45, 7) is 1.26. The molecule has 1 saturated carbocycles. The molecule has 0 radical (unpaired) electrons. The zero-order chi connectivity index (χ0) is 14.5. The minimum atomic E-state index is -0.216. The molecule has 3 heteroatoms. The van der Waals surface area contributed by atoms with E-state index in [0.29, 0.717) is 12.6 Å². The molecule has 0 aliphatic heterocycles. The molecule has 1 N–H and O–H groups in total. The normalized spacial score (nSPS) is 15.9. The third-order valence-electron chi connectivity index (χ3n) is 3.68. The number of hydrogen-bond donors (Lipinski definition) is 1. The summed E-state index contributed by atoms with van der Waals surface area (Å²) in [6.07, 6.45) is 2.34. The zero-order valence-corrected chi connectivity index (χ0v) is 12.0. The van der Waals surface area contributed by atoms with Crippen molar-refractivity contribution in [1.82, 2.24) is 5.32 Å². The fourth-order valence-corrected chi connectivity index (χ4v) is 2.31. The van der Waals surface area contributed by atoms with Gasteiger partial charge in [0.05, 0.1) is 12.7 Å². The SMILES string of the molecule is Fc1cccc(C(CNC2CC2)OCc2ccccc2)c1. The summed E-state index contributed by atoms with van der Waals surface area (Å²) in [4.78, 5) is 0. The molecule has 1 atom stereocenters. The molecule has 1 fully saturated rings. The van der Waals surface area contributed by atoms with Crippen molar-refractivity contribution in [2.45, 2.75) is 31.6 Å². The minimum Gasteiger partial charge on any atom is -0.368 e. The van der Waals surface area contributed by atoms with Crippen LogP contribution in [0.2, 0.25) is 0 Å². The van der Waals surface area contributed by atoms with Gasteiger partial charge in [0.2, 0.25) is 0 Å². The van der Waals surface area contributed by atoms with E-state index in [0.717, 1.165) is 17.7 Å². The van der Waals surface area contributed by atoms with Crippen molar-refractivity contribution in [2.24, 2.45) is 0 Å². The van der Waals surface area contributed by atoms with Crippen LogP contribution in [0.3, 0.4) is 0 Å². The molecule has 2 aromatic carbocycles. The van der Waals surface area contributed by atoms with Gasteiger partial charge in [-0.2, -0.15) is 0 Å². The second kappa shape index (κ2) is 6.83. The standard InChI is InChI=1S/C18H20FNO/c19-16-8-4-7-15(11-16)18(12-20-17-9-10-17)21-13-14-5-2-1-3-6-14/h1-8,11,17-18,20H,9-10,12-13H2. The van der Waals surface area contributed by atoms with Crippen LogP contribution in [0.1, 0.15) is 30.1 Å². The summed E-state index contributed by atoms with van der Waals surface area (Å²) in [6, 6.07) is 17.4. The highest BCUT2D eigenvalue weighted by atomic mass is 19.1. The highest BCUT2D eigenvalue weighted by Gasteiger charge is 2.23. The molecule has 0 spiro atoms. The number of benzene rings is 2. The van der Waals surface area contributed by atoms with E-state index in [2.05, 4.69) is 5.32 Å². The Kier molecular flexibility index (Phi) is 4.63. The van der Waals surface area contributed by atoms with E-state index in [9.17, 15) is 4.39 Å². The maximum absolute atomic E-state index is 13.4. The van der Waals surface area contributed by atoms with Crippen molar-refractivity contribution in [3.8, 4) is 0 Å². The third kappa shape index (κ3) is 4.38. The summed E-state index contributed by atoms with van der Waals surface area (Å²) in [7, 11) is 0. The Labute approximate surface area is 125 Å². The largest absolute Gasteiger partial charge is 0.368 e. The van der Waals surface area contributed by atoms with E-state index in [1.165, 1.54) is 18.9 Å². The van der Waals surface area contributed by atoms with E-state index in [1.54, 1.807) is 12.1 Å². The van der Waals surface area contributed by atoms with E-state index < -0.39 is 0 Å². The van der Waals surface area contributed by atoms with Gasteiger partial charge >= 0.3 is 0 Å². The molecule has 0 amide bonds. The number of rotatable bonds is 7. The first-order chi connectivity index (χ1) is 10.3. The van der Waals surface area contributed by atoms with Crippen molar-refractivity contribution < 1.29 is 9.13 Å². The van der Waals surface area contributed by atoms with Crippen LogP contribution < -0.4 is 5.32 Å². The van der Waals surface area contributed by atoms with E-state index in [4.69, 9.17) is 4.74 Å². The Morgan fingerprint density at radius 3 is 2.62 bits per heavy atom. The van der Waals surface area contributed by atoms with E-state index in [-0.39, 0.29) is 11.9 Å². The molecule has 2 nitrogen and oxygen atoms in total. The summed E-state index contributed by atoms with van der Waals surface area (Å²) in [5, 5.41) is 3.46. The molecular weight excluding hydrogens is 265 g/mol. The second-order valence-electron chi connectivity index (χ2n) is 5.52. The molecule has 1 unspecified atom stereocenters. The number of ether oxygens (including phenoxy) is 1. The second-order valence-corrected chi connectivity index (χ2v) is 5.52. The molecule has 0 bridgehead atoms. The molecule has 0 aromatic heterocycles. The molecule has 3 rings (SSSR count). The van der Waals surface area contributed by atoms with Gasteiger partial charge < -0.3 is 10.1 Å². The lowest BCUT2D eigenvalue weighted by Gasteiger charge is -2.19. The van der Waals surface area contributed by atoms with Gasteiger partial charge in [-0.25, -0.2) is 4.39 Å². The van der Waals surface area contributed by atoms with Crippen molar-refractivity contribution >= 4 is 0 Å². The van der Waals surface area contributed by atoms with Gasteiger partial charge in [-0.1, -0.05) is 42.5 Å². The number of halogens is 1. The first-order valence-electron chi connectivity index (χ1n) is 7.45. The quantitative estimate of drug-likeness (QED) is 0.834. The van der Waals surface area contributed by atoms with Crippen LogP contribution in [-0.2, 0) is 11.3 Å². The summed E-state index contributed by atoms with van der Waals surface area (Å²) in [5.41, 5.74) is 2.02. The average Bonchev–Trinajstić information content (AvgIpc) is 3.32. The molecule has 21 heavy (non-hydrogen) atoms. The van der Waals surface area contributed by atoms with Crippen LogP contribution in [0.4, 0.5) is 4.39 Å². The fourth-order valence-electron chi connectivity index (χ4n) is 2.31. The van der Waals surface area contributed by atoms with Crippen molar-refractivity contribution in [3.63, 3.8) is 0 Å². The highest BCUT2D eigenvalue weighted by Crippen LogP contribution is 2.23. The maximum atomic E-state index is 13.4. The monoisotopic (exact) mass is 285 g/mol. The Balaban J connectivity index is 1.65. The van der Waals surface area contributed by atoms with E-state index >= 15 is 0 Å². The number of nitrogens with one attached hydrogen (secondary N) is 1. The van der Waals surface area contributed by atoms with Gasteiger partial charge in [0.1, 0.15) is 5.82 Å². The number of hydrogen-bond acceptors (Lipinski definition) is 2. The molecular formula is C18H20FNO. The smallest absolute Gasteiger partial charge is 0.123 e. The zero-order valence-electron chi connectivity index (χ0n) is 12.0. The fraction of sp³-hybridized carbons (Fsp3) is 0.333. The van der Waals surface area contributed by atoms with Gasteiger partial charge in [0.25, 0.3) is 0 Å². The lowest BCUT2D eigenvalue weighted by Crippen LogP contribution is -2.25. The molecule has 1 aliphatic rings.